The average Bonchev–Trinajstić information content (AvgIpc) is 2.95. The molecule has 3 rings (SSSR count). The third kappa shape index (κ3) is 3.29. The first-order chi connectivity index (χ1) is 10.3. The Bertz CT molecular complexity index is 517. The van der Waals surface area contributed by atoms with Gasteiger partial charge in [-0.3, -0.25) is 9.69 Å². The summed E-state index contributed by atoms with van der Waals surface area (Å²) in [4.78, 5) is 14.2. The Morgan fingerprint density at radius 3 is 3.10 bits per heavy atom. The van der Waals surface area contributed by atoms with Crippen LogP contribution in [0.2, 0.25) is 0 Å². The van der Waals surface area contributed by atoms with E-state index in [1.807, 2.05) is 19.1 Å². The number of carbonyl (C=O) groups excluding carboxylic acids is 1. The molecule has 0 bridgehead atoms. The number of esters is 1. The molecule has 0 aliphatic carbocycles. The molecule has 1 aromatic carbocycles. The number of rotatable bonds is 4. The van der Waals surface area contributed by atoms with E-state index in [9.17, 15) is 4.79 Å². The van der Waals surface area contributed by atoms with Crippen LogP contribution in [0.5, 0.6) is 11.5 Å². The van der Waals surface area contributed by atoms with E-state index >= 15 is 0 Å². The predicted molar refractivity (Wildman–Crippen MR) is 77.2 cm³/mol. The summed E-state index contributed by atoms with van der Waals surface area (Å²) in [5.41, 5.74) is 1.18. The molecule has 1 atom stereocenters. The Balaban J connectivity index is 1.61. The van der Waals surface area contributed by atoms with Crippen LogP contribution in [0.25, 0.3) is 0 Å². The topological polar surface area (TPSA) is 48.0 Å². The van der Waals surface area contributed by atoms with Gasteiger partial charge in [0.1, 0.15) is 0 Å². The lowest BCUT2D eigenvalue weighted by Gasteiger charge is -2.31. The fourth-order valence-electron chi connectivity index (χ4n) is 2.95. The standard InChI is InChI=1S/C16H21NO4/c1-2-19-16(18)13-4-3-7-17(10-13)9-12-5-6-14-15(8-12)21-11-20-14/h5-6,8,13H,2-4,7,9-11H2,1H3/t13-/m0/s1. The first-order valence-electron chi connectivity index (χ1n) is 7.54. The average molecular weight is 291 g/mol. The van der Waals surface area contributed by atoms with Gasteiger partial charge in [0, 0.05) is 13.1 Å². The van der Waals surface area contributed by atoms with Crippen LogP contribution in [0.4, 0.5) is 0 Å². The number of carbonyl (C=O) groups is 1. The number of nitrogens with zero attached hydrogens (tertiary/aromatic N) is 1. The van der Waals surface area contributed by atoms with E-state index in [0.29, 0.717) is 13.4 Å². The van der Waals surface area contributed by atoms with Gasteiger partial charge in [0.15, 0.2) is 11.5 Å². The van der Waals surface area contributed by atoms with Crippen molar-refractivity contribution in [1.82, 2.24) is 4.90 Å². The summed E-state index contributed by atoms with van der Waals surface area (Å²) in [6.45, 7) is 5.22. The number of piperidine rings is 1. The second-order valence-electron chi connectivity index (χ2n) is 5.51. The molecule has 5 nitrogen and oxygen atoms in total. The number of benzene rings is 1. The van der Waals surface area contributed by atoms with E-state index in [0.717, 1.165) is 44.0 Å². The minimum absolute atomic E-state index is 0.00714. The summed E-state index contributed by atoms with van der Waals surface area (Å²) >= 11 is 0. The van der Waals surface area contributed by atoms with Gasteiger partial charge >= 0.3 is 5.97 Å². The van der Waals surface area contributed by atoms with E-state index in [4.69, 9.17) is 14.2 Å². The maximum absolute atomic E-state index is 11.9. The van der Waals surface area contributed by atoms with Crippen molar-refractivity contribution >= 4 is 5.97 Å². The van der Waals surface area contributed by atoms with Crippen LogP contribution in [0, 0.1) is 5.92 Å². The van der Waals surface area contributed by atoms with E-state index in [1.165, 1.54) is 5.56 Å². The van der Waals surface area contributed by atoms with Gasteiger partial charge in [0.2, 0.25) is 6.79 Å². The normalized spacial score (nSPS) is 21.3. The Morgan fingerprint density at radius 1 is 1.38 bits per heavy atom. The fraction of sp³-hybridized carbons (Fsp3) is 0.562. The maximum atomic E-state index is 11.9. The molecular weight excluding hydrogens is 270 g/mol. The van der Waals surface area contributed by atoms with Gasteiger partial charge in [-0.15, -0.1) is 0 Å². The van der Waals surface area contributed by atoms with Crippen LogP contribution in [-0.2, 0) is 16.1 Å². The number of fused-ring (bicyclic) bond motifs is 1. The summed E-state index contributed by atoms with van der Waals surface area (Å²) in [6, 6.07) is 6.03. The highest BCUT2D eigenvalue weighted by Gasteiger charge is 2.27. The summed E-state index contributed by atoms with van der Waals surface area (Å²) in [5, 5.41) is 0. The molecule has 0 unspecified atom stereocenters. The SMILES string of the molecule is CCOC(=O)[C@H]1CCCN(Cc2ccc3c(c2)OCO3)C1. The van der Waals surface area contributed by atoms with Crippen molar-refractivity contribution in [3.05, 3.63) is 23.8 Å². The highest BCUT2D eigenvalue weighted by molar-refractivity contribution is 5.72. The Labute approximate surface area is 124 Å². The summed E-state index contributed by atoms with van der Waals surface area (Å²) in [7, 11) is 0. The fourth-order valence-corrected chi connectivity index (χ4v) is 2.95. The van der Waals surface area contributed by atoms with Gasteiger partial charge in [-0.1, -0.05) is 6.07 Å². The second kappa shape index (κ2) is 6.35. The van der Waals surface area contributed by atoms with Gasteiger partial charge < -0.3 is 14.2 Å². The molecule has 2 heterocycles. The Hall–Kier alpha value is -1.75. The van der Waals surface area contributed by atoms with Gasteiger partial charge in [0.05, 0.1) is 12.5 Å². The zero-order chi connectivity index (χ0) is 14.7. The maximum Gasteiger partial charge on any atom is 0.310 e. The minimum atomic E-state index is -0.0621. The molecule has 0 radical (unpaired) electrons. The van der Waals surface area contributed by atoms with Crippen molar-refractivity contribution in [3.8, 4) is 11.5 Å². The first-order valence-corrected chi connectivity index (χ1v) is 7.54. The summed E-state index contributed by atoms with van der Waals surface area (Å²) in [5.74, 6) is 1.56. The molecule has 21 heavy (non-hydrogen) atoms. The second-order valence-corrected chi connectivity index (χ2v) is 5.51. The van der Waals surface area contributed by atoms with Gasteiger partial charge in [-0.05, 0) is 44.0 Å². The van der Waals surface area contributed by atoms with E-state index in [1.54, 1.807) is 0 Å². The third-order valence-electron chi connectivity index (χ3n) is 3.97. The molecule has 114 valence electrons. The molecule has 1 fully saturated rings. The highest BCUT2D eigenvalue weighted by atomic mass is 16.7. The largest absolute Gasteiger partial charge is 0.466 e. The molecule has 1 aromatic rings. The van der Waals surface area contributed by atoms with Gasteiger partial charge in [-0.2, -0.15) is 0 Å². The van der Waals surface area contributed by atoms with Crippen molar-refractivity contribution in [1.29, 1.82) is 0 Å². The van der Waals surface area contributed by atoms with Crippen LogP contribution in [0.15, 0.2) is 18.2 Å². The van der Waals surface area contributed by atoms with Crippen molar-refractivity contribution in [2.75, 3.05) is 26.5 Å². The molecule has 0 saturated carbocycles. The highest BCUT2D eigenvalue weighted by Crippen LogP contribution is 2.33. The first kappa shape index (κ1) is 14.2. The van der Waals surface area contributed by atoms with Crippen molar-refractivity contribution in [2.45, 2.75) is 26.3 Å². The number of hydrogen-bond donors (Lipinski definition) is 0. The predicted octanol–water partition coefficient (Wildman–Crippen LogP) is 2.19. The van der Waals surface area contributed by atoms with E-state index in [-0.39, 0.29) is 11.9 Å². The van der Waals surface area contributed by atoms with Crippen LogP contribution in [0.1, 0.15) is 25.3 Å². The molecule has 2 aliphatic rings. The van der Waals surface area contributed by atoms with Crippen LogP contribution >= 0.6 is 0 Å². The number of ether oxygens (including phenoxy) is 3. The quantitative estimate of drug-likeness (QED) is 0.796. The van der Waals surface area contributed by atoms with E-state index < -0.39 is 0 Å². The molecule has 0 aromatic heterocycles. The van der Waals surface area contributed by atoms with Crippen molar-refractivity contribution in [3.63, 3.8) is 0 Å². The van der Waals surface area contributed by atoms with Gasteiger partial charge in [0.25, 0.3) is 0 Å². The zero-order valence-electron chi connectivity index (χ0n) is 12.3. The molecule has 2 aliphatic heterocycles. The van der Waals surface area contributed by atoms with Crippen LogP contribution in [-0.4, -0.2) is 37.4 Å². The third-order valence-corrected chi connectivity index (χ3v) is 3.97. The zero-order valence-corrected chi connectivity index (χ0v) is 12.3. The van der Waals surface area contributed by atoms with Crippen LogP contribution in [0.3, 0.4) is 0 Å². The minimum Gasteiger partial charge on any atom is -0.466 e. The smallest absolute Gasteiger partial charge is 0.310 e. The lowest BCUT2D eigenvalue weighted by Crippen LogP contribution is -2.38. The van der Waals surface area contributed by atoms with Gasteiger partial charge in [-0.25, -0.2) is 0 Å². The molecule has 0 amide bonds. The molecule has 0 spiro atoms. The lowest BCUT2D eigenvalue weighted by molar-refractivity contribution is -0.150. The number of hydrogen-bond acceptors (Lipinski definition) is 5. The van der Waals surface area contributed by atoms with Crippen molar-refractivity contribution < 1.29 is 19.0 Å². The molecule has 5 heteroatoms. The Kier molecular flexibility index (Phi) is 4.29. The molecular formula is C16H21NO4. The van der Waals surface area contributed by atoms with Crippen molar-refractivity contribution in [2.24, 2.45) is 5.92 Å². The summed E-state index contributed by atoms with van der Waals surface area (Å²) < 4.78 is 15.9. The summed E-state index contributed by atoms with van der Waals surface area (Å²) in [6.07, 6.45) is 1.96. The molecule has 1 saturated heterocycles. The van der Waals surface area contributed by atoms with E-state index in [2.05, 4.69) is 11.0 Å². The number of likely N-dealkylation sites (tertiary alicyclic amines) is 1. The Morgan fingerprint density at radius 2 is 2.24 bits per heavy atom. The monoisotopic (exact) mass is 291 g/mol. The van der Waals surface area contributed by atoms with Crippen LogP contribution < -0.4 is 9.47 Å². The lowest BCUT2D eigenvalue weighted by atomic mass is 9.97. The molecule has 0 N–H and O–H groups in total.